The molecule has 1 N–H and O–H groups in total. The zero-order valence-electron chi connectivity index (χ0n) is 19.3. The molecule has 0 fully saturated rings. The van der Waals surface area contributed by atoms with Gasteiger partial charge < -0.3 is 5.32 Å². The third-order valence-electron chi connectivity index (χ3n) is 4.88. The van der Waals surface area contributed by atoms with Crippen molar-refractivity contribution in [2.24, 2.45) is 0 Å². The van der Waals surface area contributed by atoms with Gasteiger partial charge in [-0.05, 0) is 46.8 Å². The van der Waals surface area contributed by atoms with E-state index in [1.807, 2.05) is 33.0 Å². The van der Waals surface area contributed by atoms with E-state index in [2.05, 4.69) is 109 Å². The van der Waals surface area contributed by atoms with Crippen LogP contribution in [0.25, 0.3) is 22.3 Å². The molecule has 31 heavy (non-hydrogen) atoms. The van der Waals surface area contributed by atoms with E-state index in [4.69, 9.17) is 0 Å². The van der Waals surface area contributed by atoms with E-state index < -0.39 is 0 Å². The average Bonchev–Trinajstić information content (AvgIpc) is 2.87. The molecule has 0 spiro atoms. The van der Waals surface area contributed by atoms with E-state index in [-0.39, 0.29) is 0 Å². The normalized spacial score (nSPS) is 9.68. The molecule has 1 nitrogen and oxygen atoms in total. The first kappa shape index (κ1) is 24.1. The Bertz CT molecular complexity index is 974. The first-order valence-electron chi connectivity index (χ1n) is 11.2. The summed E-state index contributed by atoms with van der Waals surface area (Å²) in [6, 6.07) is 38.3. The SMILES string of the molecule is CC.CCc1cccc(-c2ccccc2)c1.CNCc1ccc(-c2ccccc2)cc1. The first-order chi connectivity index (χ1) is 15.3. The predicted molar refractivity (Wildman–Crippen MR) is 137 cm³/mol. The molecule has 0 amide bonds. The molecule has 0 aliphatic carbocycles. The Balaban J connectivity index is 0.000000204. The highest BCUT2D eigenvalue weighted by atomic mass is 14.8. The van der Waals surface area contributed by atoms with Gasteiger partial charge in [-0.3, -0.25) is 0 Å². The van der Waals surface area contributed by atoms with E-state index in [0.29, 0.717) is 0 Å². The highest BCUT2D eigenvalue weighted by Gasteiger charge is 1.97. The van der Waals surface area contributed by atoms with Crippen LogP contribution in [0.1, 0.15) is 31.9 Å². The lowest BCUT2D eigenvalue weighted by Crippen LogP contribution is -2.04. The molecule has 4 aromatic carbocycles. The average molecular weight is 410 g/mol. The number of nitrogens with one attached hydrogen (secondary N) is 1. The summed E-state index contributed by atoms with van der Waals surface area (Å²) >= 11 is 0. The summed E-state index contributed by atoms with van der Waals surface area (Å²) in [5.74, 6) is 0. The second-order valence-electron chi connectivity index (χ2n) is 7.01. The fourth-order valence-corrected chi connectivity index (χ4v) is 3.25. The summed E-state index contributed by atoms with van der Waals surface area (Å²) in [4.78, 5) is 0. The van der Waals surface area contributed by atoms with Gasteiger partial charge in [-0.25, -0.2) is 0 Å². The molecule has 0 aliphatic heterocycles. The van der Waals surface area contributed by atoms with Gasteiger partial charge in [0.05, 0.1) is 0 Å². The lowest BCUT2D eigenvalue weighted by molar-refractivity contribution is 0.818. The van der Waals surface area contributed by atoms with Crippen LogP contribution in [0.4, 0.5) is 0 Å². The van der Waals surface area contributed by atoms with Crippen LogP contribution in [0.5, 0.6) is 0 Å². The molecule has 0 heterocycles. The fraction of sp³-hybridized carbons (Fsp3) is 0.200. The fourth-order valence-electron chi connectivity index (χ4n) is 3.25. The Morgan fingerprint density at radius 2 is 1.00 bits per heavy atom. The highest BCUT2D eigenvalue weighted by Crippen LogP contribution is 2.20. The zero-order valence-corrected chi connectivity index (χ0v) is 19.3. The first-order valence-corrected chi connectivity index (χ1v) is 11.2. The van der Waals surface area contributed by atoms with E-state index in [9.17, 15) is 0 Å². The number of benzene rings is 4. The molecular formula is C30H35N. The third-order valence-corrected chi connectivity index (χ3v) is 4.88. The van der Waals surface area contributed by atoms with Crippen molar-refractivity contribution >= 4 is 0 Å². The van der Waals surface area contributed by atoms with Crippen LogP contribution in [0.15, 0.2) is 109 Å². The molecule has 0 unspecified atom stereocenters. The molecule has 0 atom stereocenters. The lowest BCUT2D eigenvalue weighted by atomic mass is 10.0. The number of rotatable bonds is 5. The standard InChI is InChI=1S/C14H15N.C14H14.C2H6/c1-15-11-12-7-9-14(10-8-12)13-5-3-2-4-6-13;1-2-12-7-6-10-14(11-12)13-8-4-3-5-9-13;1-2/h2-10,15H,11H2,1H3;3-11H,2H2,1H3;1-2H3. The maximum absolute atomic E-state index is 3.14. The van der Waals surface area contributed by atoms with E-state index in [1.54, 1.807) is 0 Å². The quantitative estimate of drug-likeness (QED) is 0.352. The summed E-state index contributed by atoms with van der Waals surface area (Å²) in [6.07, 6.45) is 1.10. The van der Waals surface area contributed by atoms with Crippen molar-refractivity contribution in [1.29, 1.82) is 0 Å². The van der Waals surface area contributed by atoms with Crippen molar-refractivity contribution in [3.05, 3.63) is 120 Å². The van der Waals surface area contributed by atoms with Gasteiger partial charge in [0.25, 0.3) is 0 Å². The van der Waals surface area contributed by atoms with Crippen LogP contribution in [0, 0.1) is 0 Å². The number of hydrogen-bond acceptors (Lipinski definition) is 1. The summed E-state index contributed by atoms with van der Waals surface area (Å²) in [6.45, 7) is 7.11. The molecule has 0 saturated carbocycles. The van der Waals surface area contributed by atoms with Gasteiger partial charge in [-0.15, -0.1) is 0 Å². The van der Waals surface area contributed by atoms with Crippen LogP contribution in [-0.2, 0) is 13.0 Å². The Morgan fingerprint density at radius 3 is 1.52 bits per heavy atom. The van der Waals surface area contributed by atoms with Crippen LogP contribution in [-0.4, -0.2) is 7.05 Å². The molecular weight excluding hydrogens is 374 g/mol. The van der Waals surface area contributed by atoms with Crippen molar-refractivity contribution in [2.75, 3.05) is 7.05 Å². The van der Waals surface area contributed by atoms with Gasteiger partial charge in [0.2, 0.25) is 0 Å². The van der Waals surface area contributed by atoms with Crippen molar-refractivity contribution in [3.63, 3.8) is 0 Å². The minimum absolute atomic E-state index is 0.926. The summed E-state index contributed by atoms with van der Waals surface area (Å²) in [7, 11) is 1.96. The molecule has 0 aromatic heterocycles. The van der Waals surface area contributed by atoms with Gasteiger partial charge >= 0.3 is 0 Å². The predicted octanol–water partition coefficient (Wildman–Crippen LogP) is 8.02. The van der Waals surface area contributed by atoms with Gasteiger partial charge in [0.1, 0.15) is 0 Å². The molecule has 160 valence electrons. The molecule has 0 saturated heterocycles. The molecule has 0 radical (unpaired) electrons. The van der Waals surface area contributed by atoms with Gasteiger partial charge in [0, 0.05) is 6.54 Å². The van der Waals surface area contributed by atoms with E-state index >= 15 is 0 Å². The van der Waals surface area contributed by atoms with Gasteiger partial charge in [-0.2, -0.15) is 0 Å². The summed E-state index contributed by atoms with van der Waals surface area (Å²) in [5.41, 5.74) is 7.86. The van der Waals surface area contributed by atoms with Gasteiger partial charge in [0.15, 0.2) is 0 Å². The van der Waals surface area contributed by atoms with Crippen molar-refractivity contribution in [1.82, 2.24) is 5.32 Å². The Morgan fingerprint density at radius 1 is 0.516 bits per heavy atom. The Hall–Kier alpha value is -3.16. The minimum Gasteiger partial charge on any atom is -0.316 e. The third kappa shape index (κ3) is 7.88. The zero-order chi connectivity index (χ0) is 22.3. The van der Waals surface area contributed by atoms with E-state index in [1.165, 1.54) is 33.4 Å². The lowest BCUT2D eigenvalue weighted by Gasteiger charge is -2.03. The van der Waals surface area contributed by atoms with Crippen molar-refractivity contribution in [2.45, 2.75) is 33.7 Å². The van der Waals surface area contributed by atoms with E-state index in [0.717, 1.165) is 13.0 Å². The van der Waals surface area contributed by atoms with Crippen molar-refractivity contribution < 1.29 is 0 Å². The van der Waals surface area contributed by atoms with Crippen LogP contribution < -0.4 is 5.32 Å². The second-order valence-corrected chi connectivity index (χ2v) is 7.01. The molecule has 4 aromatic rings. The van der Waals surface area contributed by atoms with Crippen LogP contribution in [0.2, 0.25) is 0 Å². The monoisotopic (exact) mass is 409 g/mol. The molecule has 4 rings (SSSR count). The molecule has 0 bridgehead atoms. The maximum Gasteiger partial charge on any atom is 0.0202 e. The molecule has 1 heteroatoms. The smallest absolute Gasteiger partial charge is 0.0202 e. The minimum atomic E-state index is 0.926. The van der Waals surface area contributed by atoms with Crippen LogP contribution >= 0.6 is 0 Å². The molecule has 0 aliphatic rings. The number of aryl methyl sites for hydroxylation is 1. The van der Waals surface area contributed by atoms with Crippen molar-refractivity contribution in [3.8, 4) is 22.3 Å². The Labute approximate surface area is 188 Å². The topological polar surface area (TPSA) is 12.0 Å². The maximum atomic E-state index is 3.14. The van der Waals surface area contributed by atoms with Gasteiger partial charge in [-0.1, -0.05) is 130 Å². The summed E-state index contributed by atoms with van der Waals surface area (Å²) in [5, 5.41) is 3.14. The van der Waals surface area contributed by atoms with Crippen LogP contribution in [0.3, 0.4) is 0 Å². The summed E-state index contributed by atoms with van der Waals surface area (Å²) < 4.78 is 0. The second kappa shape index (κ2) is 14.0. The Kier molecular flexibility index (Phi) is 10.9. The number of hydrogen-bond donors (Lipinski definition) is 1. The highest BCUT2D eigenvalue weighted by molar-refractivity contribution is 5.64. The largest absolute Gasteiger partial charge is 0.316 e.